The number of amides is 1. The molecule has 1 aliphatic carbocycles. The summed E-state index contributed by atoms with van der Waals surface area (Å²) in [7, 11) is 0. The molecule has 0 aromatic carbocycles. The van der Waals surface area contributed by atoms with E-state index in [4.69, 9.17) is 9.47 Å². The van der Waals surface area contributed by atoms with Crippen LogP contribution in [0.5, 0.6) is 0 Å². The van der Waals surface area contributed by atoms with Gasteiger partial charge < -0.3 is 14.8 Å². The van der Waals surface area contributed by atoms with E-state index in [1.165, 1.54) is 38.5 Å². The summed E-state index contributed by atoms with van der Waals surface area (Å²) in [5.41, 5.74) is 0. The van der Waals surface area contributed by atoms with Gasteiger partial charge in [-0.05, 0) is 43.4 Å². The molecule has 30 heavy (non-hydrogen) atoms. The molecule has 0 heterocycles. The number of alkyl carbamates (subject to hydrolysis) is 1. The lowest BCUT2D eigenvalue weighted by Gasteiger charge is -2.36. The van der Waals surface area contributed by atoms with Crippen LogP contribution in [0.4, 0.5) is 4.79 Å². The fraction of sp³-hybridized carbons (Fsp3) is 0.920. The molecular weight excluding hydrogens is 378 g/mol. The predicted octanol–water partition coefficient (Wildman–Crippen LogP) is 6.64. The van der Waals surface area contributed by atoms with Crippen LogP contribution in [0.3, 0.4) is 0 Å². The Morgan fingerprint density at radius 1 is 0.967 bits per heavy atom. The smallest absolute Gasteiger partial charge is 0.408 e. The van der Waals surface area contributed by atoms with Crippen molar-refractivity contribution in [2.45, 2.75) is 124 Å². The molecule has 1 fully saturated rings. The number of rotatable bonds is 14. The quantitative estimate of drug-likeness (QED) is 0.250. The number of carbonyl (C=O) groups is 2. The van der Waals surface area contributed by atoms with Crippen molar-refractivity contribution in [3.05, 3.63) is 0 Å². The lowest BCUT2D eigenvalue weighted by molar-refractivity contribution is -0.146. The number of ether oxygens (including phenoxy) is 2. The molecule has 1 amide bonds. The summed E-state index contributed by atoms with van der Waals surface area (Å²) in [5.74, 6) is 1.10. The Kier molecular flexibility index (Phi) is 13.9. The van der Waals surface area contributed by atoms with Crippen molar-refractivity contribution in [3.8, 4) is 0 Å². The molecule has 1 N–H and O–H groups in total. The Morgan fingerprint density at radius 3 is 2.27 bits per heavy atom. The zero-order valence-electron chi connectivity index (χ0n) is 20.2. The van der Waals surface area contributed by atoms with Crippen molar-refractivity contribution >= 4 is 12.1 Å². The zero-order valence-corrected chi connectivity index (χ0v) is 20.2. The molecule has 5 heteroatoms. The summed E-state index contributed by atoms with van der Waals surface area (Å²) in [6.07, 6.45) is 12.3. The molecule has 0 saturated heterocycles. The molecule has 5 nitrogen and oxygen atoms in total. The van der Waals surface area contributed by atoms with Crippen LogP contribution < -0.4 is 5.32 Å². The lowest BCUT2D eigenvalue weighted by atomic mass is 9.75. The first-order valence-corrected chi connectivity index (χ1v) is 12.5. The standard InChI is InChI=1S/C25H47NO4/c1-6-8-9-10-11-12-13-17-29-24(27)22(14-7-2)26-25(28)30-23-18-20(5)15-16-21(23)19(3)4/h19-23H,6-18H2,1-5H3,(H,26,28). The normalized spacial score (nSPS) is 22.5. The summed E-state index contributed by atoms with van der Waals surface area (Å²) in [6.45, 7) is 11.2. The average Bonchev–Trinajstić information content (AvgIpc) is 2.69. The molecule has 0 radical (unpaired) electrons. The molecule has 4 unspecified atom stereocenters. The molecular formula is C25H47NO4. The summed E-state index contributed by atoms with van der Waals surface area (Å²) in [4.78, 5) is 25.0. The lowest BCUT2D eigenvalue weighted by Crippen LogP contribution is -2.45. The maximum absolute atomic E-state index is 12.5. The Balaban J connectivity index is 2.39. The molecule has 0 bridgehead atoms. The largest absolute Gasteiger partial charge is 0.464 e. The third-order valence-corrected chi connectivity index (χ3v) is 6.37. The van der Waals surface area contributed by atoms with E-state index in [9.17, 15) is 9.59 Å². The van der Waals surface area contributed by atoms with Gasteiger partial charge in [-0.15, -0.1) is 0 Å². The predicted molar refractivity (Wildman–Crippen MR) is 122 cm³/mol. The summed E-state index contributed by atoms with van der Waals surface area (Å²) >= 11 is 0. The van der Waals surface area contributed by atoms with E-state index in [-0.39, 0.29) is 12.1 Å². The van der Waals surface area contributed by atoms with Crippen molar-refractivity contribution in [1.82, 2.24) is 5.32 Å². The molecule has 0 aliphatic heterocycles. The fourth-order valence-electron chi connectivity index (χ4n) is 4.43. The van der Waals surface area contributed by atoms with Crippen LogP contribution in [0.2, 0.25) is 0 Å². The van der Waals surface area contributed by atoms with E-state index in [0.717, 1.165) is 32.1 Å². The van der Waals surface area contributed by atoms with Gasteiger partial charge in [0.1, 0.15) is 12.1 Å². The molecule has 176 valence electrons. The maximum atomic E-state index is 12.5. The van der Waals surface area contributed by atoms with Gasteiger partial charge in [0.15, 0.2) is 0 Å². The first kappa shape index (κ1) is 26.8. The van der Waals surface area contributed by atoms with Gasteiger partial charge in [-0.1, -0.05) is 86.0 Å². The van der Waals surface area contributed by atoms with Crippen molar-refractivity contribution in [2.75, 3.05) is 6.61 Å². The first-order chi connectivity index (χ1) is 14.4. The van der Waals surface area contributed by atoms with E-state index < -0.39 is 12.1 Å². The van der Waals surface area contributed by atoms with Crippen LogP contribution in [0.25, 0.3) is 0 Å². The number of carbonyl (C=O) groups excluding carboxylic acids is 2. The number of hydrogen-bond donors (Lipinski definition) is 1. The minimum Gasteiger partial charge on any atom is -0.464 e. The van der Waals surface area contributed by atoms with E-state index >= 15 is 0 Å². The van der Waals surface area contributed by atoms with E-state index in [1.54, 1.807) is 0 Å². The number of nitrogens with one attached hydrogen (secondary N) is 1. The number of unbranched alkanes of at least 4 members (excludes halogenated alkanes) is 6. The number of esters is 1. The van der Waals surface area contributed by atoms with Gasteiger partial charge >= 0.3 is 12.1 Å². The Morgan fingerprint density at radius 2 is 1.63 bits per heavy atom. The van der Waals surface area contributed by atoms with Gasteiger partial charge in [0.2, 0.25) is 0 Å². The SMILES string of the molecule is CCCCCCCCCOC(=O)C(CCC)NC(=O)OC1CC(C)CCC1C(C)C. The fourth-order valence-corrected chi connectivity index (χ4v) is 4.43. The monoisotopic (exact) mass is 425 g/mol. The summed E-state index contributed by atoms with van der Waals surface area (Å²) in [5, 5.41) is 2.78. The maximum Gasteiger partial charge on any atom is 0.408 e. The third kappa shape index (κ3) is 10.7. The van der Waals surface area contributed by atoms with Crippen LogP contribution in [0, 0.1) is 17.8 Å². The van der Waals surface area contributed by atoms with Gasteiger partial charge in [-0.25, -0.2) is 9.59 Å². The second-order valence-corrected chi connectivity index (χ2v) is 9.54. The minimum absolute atomic E-state index is 0.0697. The van der Waals surface area contributed by atoms with Gasteiger partial charge in [0.05, 0.1) is 6.61 Å². The Hall–Kier alpha value is -1.26. The van der Waals surface area contributed by atoms with Crippen LogP contribution in [-0.2, 0) is 14.3 Å². The van der Waals surface area contributed by atoms with E-state index in [0.29, 0.717) is 30.8 Å². The highest BCUT2D eigenvalue weighted by Crippen LogP contribution is 2.35. The molecule has 0 spiro atoms. The molecule has 1 aliphatic rings. The molecule has 1 saturated carbocycles. The molecule has 4 atom stereocenters. The van der Waals surface area contributed by atoms with Crippen molar-refractivity contribution in [3.63, 3.8) is 0 Å². The second kappa shape index (κ2) is 15.5. The summed E-state index contributed by atoms with van der Waals surface area (Å²) < 4.78 is 11.2. The van der Waals surface area contributed by atoms with Crippen molar-refractivity contribution in [1.29, 1.82) is 0 Å². The van der Waals surface area contributed by atoms with Gasteiger partial charge in [0, 0.05) is 0 Å². The zero-order chi connectivity index (χ0) is 22.4. The third-order valence-electron chi connectivity index (χ3n) is 6.37. The van der Waals surface area contributed by atoms with E-state index in [2.05, 4.69) is 33.0 Å². The van der Waals surface area contributed by atoms with Crippen LogP contribution >= 0.6 is 0 Å². The highest BCUT2D eigenvalue weighted by molar-refractivity contribution is 5.81. The van der Waals surface area contributed by atoms with Crippen LogP contribution in [-0.4, -0.2) is 30.8 Å². The minimum atomic E-state index is -0.620. The van der Waals surface area contributed by atoms with Gasteiger partial charge in [-0.2, -0.15) is 0 Å². The Bertz CT molecular complexity index is 480. The highest BCUT2D eigenvalue weighted by atomic mass is 16.6. The van der Waals surface area contributed by atoms with Crippen LogP contribution in [0.1, 0.15) is 112 Å². The highest BCUT2D eigenvalue weighted by Gasteiger charge is 2.34. The average molecular weight is 426 g/mol. The molecule has 0 aromatic rings. The molecule has 0 aromatic heterocycles. The summed E-state index contributed by atoms with van der Waals surface area (Å²) in [6, 6.07) is -0.620. The van der Waals surface area contributed by atoms with Crippen molar-refractivity contribution < 1.29 is 19.1 Å². The molecule has 1 rings (SSSR count). The first-order valence-electron chi connectivity index (χ1n) is 12.5. The van der Waals surface area contributed by atoms with Gasteiger partial charge in [0.25, 0.3) is 0 Å². The Labute approximate surface area is 185 Å². The van der Waals surface area contributed by atoms with Crippen molar-refractivity contribution in [2.24, 2.45) is 17.8 Å². The van der Waals surface area contributed by atoms with Crippen LogP contribution in [0.15, 0.2) is 0 Å². The van der Waals surface area contributed by atoms with Gasteiger partial charge in [-0.3, -0.25) is 0 Å². The van der Waals surface area contributed by atoms with E-state index in [1.807, 2.05) is 6.92 Å². The topological polar surface area (TPSA) is 64.6 Å². The number of hydrogen-bond acceptors (Lipinski definition) is 4. The second-order valence-electron chi connectivity index (χ2n) is 9.54.